The SMILES string of the molecule is CC(CNc1nnnn1-c1ccccc1)CN1CCCC1. The summed E-state index contributed by atoms with van der Waals surface area (Å²) in [7, 11) is 0. The third-order valence-corrected chi connectivity index (χ3v) is 3.85. The summed E-state index contributed by atoms with van der Waals surface area (Å²) in [6, 6.07) is 9.94. The standard InChI is InChI=1S/C15H22N6/c1-13(12-20-9-5-6-10-20)11-16-15-17-18-19-21(15)14-7-3-2-4-8-14/h2-4,7-8,13H,5-6,9-12H2,1H3,(H,16,17,19). The fourth-order valence-corrected chi connectivity index (χ4v) is 2.78. The van der Waals surface area contributed by atoms with Crippen molar-refractivity contribution in [3.8, 4) is 5.69 Å². The van der Waals surface area contributed by atoms with Gasteiger partial charge in [0, 0.05) is 13.1 Å². The molecule has 2 heterocycles. The number of hydrogen-bond donors (Lipinski definition) is 1. The maximum absolute atomic E-state index is 4.07. The molecule has 2 aromatic rings. The van der Waals surface area contributed by atoms with E-state index in [4.69, 9.17) is 0 Å². The van der Waals surface area contributed by atoms with Crippen molar-refractivity contribution in [3.63, 3.8) is 0 Å². The topological polar surface area (TPSA) is 58.9 Å². The van der Waals surface area contributed by atoms with Crippen LogP contribution in [0.15, 0.2) is 30.3 Å². The van der Waals surface area contributed by atoms with Crippen LogP contribution in [0.1, 0.15) is 19.8 Å². The Balaban J connectivity index is 1.57. The molecule has 112 valence electrons. The predicted octanol–water partition coefficient (Wildman–Crippen LogP) is 1.81. The summed E-state index contributed by atoms with van der Waals surface area (Å²) in [4.78, 5) is 2.53. The van der Waals surface area contributed by atoms with Crippen LogP contribution in [-0.4, -0.2) is 51.3 Å². The molecule has 1 unspecified atom stereocenters. The quantitative estimate of drug-likeness (QED) is 0.877. The Hall–Kier alpha value is -1.95. The van der Waals surface area contributed by atoms with Crippen LogP contribution in [0.25, 0.3) is 5.69 Å². The van der Waals surface area contributed by atoms with Crippen molar-refractivity contribution in [1.29, 1.82) is 0 Å². The Kier molecular flexibility index (Phi) is 4.45. The number of tetrazole rings is 1. The molecule has 6 heteroatoms. The lowest BCUT2D eigenvalue weighted by molar-refractivity contribution is 0.294. The van der Waals surface area contributed by atoms with Gasteiger partial charge in [0.2, 0.25) is 5.95 Å². The lowest BCUT2D eigenvalue weighted by Gasteiger charge is -2.20. The highest BCUT2D eigenvalue weighted by atomic mass is 15.6. The number of anilines is 1. The van der Waals surface area contributed by atoms with Crippen LogP contribution in [0.2, 0.25) is 0 Å². The molecular formula is C15H22N6. The predicted molar refractivity (Wildman–Crippen MR) is 82.5 cm³/mol. The molecule has 1 saturated heterocycles. The summed E-state index contributed by atoms with van der Waals surface area (Å²) in [5.41, 5.74) is 0.970. The summed E-state index contributed by atoms with van der Waals surface area (Å²) < 4.78 is 1.74. The molecule has 1 aliphatic rings. The first-order valence-corrected chi connectivity index (χ1v) is 7.63. The van der Waals surface area contributed by atoms with Gasteiger partial charge in [-0.05, 0) is 54.4 Å². The van der Waals surface area contributed by atoms with E-state index in [0.29, 0.717) is 11.9 Å². The fraction of sp³-hybridized carbons (Fsp3) is 0.533. The number of nitrogens with one attached hydrogen (secondary N) is 1. The van der Waals surface area contributed by atoms with E-state index in [2.05, 4.69) is 32.7 Å². The van der Waals surface area contributed by atoms with Crippen LogP contribution >= 0.6 is 0 Å². The summed E-state index contributed by atoms with van der Waals surface area (Å²) in [6.45, 7) is 6.77. The van der Waals surface area contributed by atoms with Crippen molar-refractivity contribution in [2.24, 2.45) is 5.92 Å². The van der Waals surface area contributed by atoms with Gasteiger partial charge in [-0.3, -0.25) is 0 Å². The molecule has 1 atom stereocenters. The average Bonchev–Trinajstić information content (AvgIpc) is 3.17. The molecule has 1 aromatic carbocycles. The van der Waals surface area contributed by atoms with Gasteiger partial charge < -0.3 is 10.2 Å². The van der Waals surface area contributed by atoms with Crippen LogP contribution in [0.5, 0.6) is 0 Å². The molecule has 0 amide bonds. The second kappa shape index (κ2) is 6.67. The zero-order valence-electron chi connectivity index (χ0n) is 12.4. The molecular weight excluding hydrogens is 264 g/mol. The lowest BCUT2D eigenvalue weighted by atomic mass is 10.1. The molecule has 1 aliphatic heterocycles. The zero-order chi connectivity index (χ0) is 14.5. The smallest absolute Gasteiger partial charge is 0.247 e. The molecule has 0 saturated carbocycles. The number of nitrogens with zero attached hydrogens (tertiary/aromatic N) is 5. The van der Waals surface area contributed by atoms with Gasteiger partial charge in [-0.2, -0.15) is 4.68 Å². The van der Waals surface area contributed by atoms with Crippen LogP contribution in [0, 0.1) is 5.92 Å². The van der Waals surface area contributed by atoms with Gasteiger partial charge >= 0.3 is 0 Å². The molecule has 1 fully saturated rings. The van der Waals surface area contributed by atoms with Crippen LogP contribution < -0.4 is 5.32 Å². The van der Waals surface area contributed by atoms with Crippen molar-refractivity contribution in [2.45, 2.75) is 19.8 Å². The largest absolute Gasteiger partial charge is 0.352 e. The van der Waals surface area contributed by atoms with Gasteiger partial charge in [0.05, 0.1) is 5.69 Å². The van der Waals surface area contributed by atoms with Crippen molar-refractivity contribution < 1.29 is 0 Å². The van der Waals surface area contributed by atoms with Gasteiger partial charge in [-0.15, -0.1) is 0 Å². The van der Waals surface area contributed by atoms with Crippen molar-refractivity contribution in [1.82, 2.24) is 25.1 Å². The molecule has 1 N–H and O–H groups in total. The van der Waals surface area contributed by atoms with E-state index < -0.39 is 0 Å². The average molecular weight is 286 g/mol. The molecule has 1 aromatic heterocycles. The maximum Gasteiger partial charge on any atom is 0.247 e. The van der Waals surface area contributed by atoms with E-state index in [0.717, 1.165) is 18.8 Å². The second-order valence-corrected chi connectivity index (χ2v) is 5.74. The number of rotatable bonds is 6. The van der Waals surface area contributed by atoms with Crippen molar-refractivity contribution in [2.75, 3.05) is 31.5 Å². The minimum Gasteiger partial charge on any atom is -0.352 e. The van der Waals surface area contributed by atoms with E-state index >= 15 is 0 Å². The van der Waals surface area contributed by atoms with E-state index in [1.165, 1.54) is 25.9 Å². The number of benzene rings is 1. The minimum absolute atomic E-state index is 0.573. The summed E-state index contributed by atoms with van der Waals surface area (Å²) in [6.07, 6.45) is 2.68. The molecule has 0 aliphatic carbocycles. The first-order chi connectivity index (χ1) is 10.3. The highest BCUT2D eigenvalue weighted by Gasteiger charge is 2.15. The Morgan fingerprint density at radius 2 is 1.95 bits per heavy atom. The molecule has 6 nitrogen and oxygen atoms in total. The first kappa shape index (κ1) is 14.0. The Morgan fingerprint density at radius 3 is 2.71 bits per heavy atom. The number of likely N-dealkylation sites (tertiary alicyclic amines) is 1. The van der Waals surface area contributed by atoms with Crippen LogP contribution in [0.4, 0.5) is 5.95 Å². The van der Waals surface area contributed by atoms with Gasteiger partial charge in [-0.1, -0.05) is 30.2 Å². The van der Waals surface area contributed by atoms with Gasteiger partial charge in [-0.25, -0.2) is 0 Å². The van der Waals surface area contributed by atoms with E-state index in [9.17, 15) is 0 Å². The molecule has 0 spiro atoms. The first-order valence-electron chi connectivity index (χ1n) is 7.63. The van der Waals surface area contributed by atoms with E-state index in [1.807, 2.05) is 30.3 Å². The van der Waals surface area contributed by atoms with Gasteiger partial charge in [0.25, 0.3) is 0 Å². The normalized spacial score (nSPS) is 17.0. The van der Waals surface area contributed by atoms with Crippen molar-refractivity contribution >= 4 is 5.95 Å². The van der Waals surface area contributed by atoms with E-state index in [-0.39, 0.29) is 0 Å². The molecule has 3 rings (SSSR count). The Morgan fingerprint density at radius 1 is 1.19 bits per heavy atom. The van der Waals surface area contributed by atoms with Crippen LogP contribution in [0.3, 0.4) is 0 Å². The fourth-order valence-electron chi connectivity index (χ4n) is 2.78. The molecule has 21 heavy (non-hydrogen) atoms. The second-order valence-electron chi connectivity index (χ2n) is 5.74. The van der Waals surface area contributed by atoms with Crippen molar-refractivity contribution in [3.05, 3.63) is 30.3 Å². The Bertz CT molecular complexity index is 546. The number of para-hydroxylation sites is 1. The number of aromatic nitrogens is 4. The third-order valence-electron chi connectivity index (χ3n) is 3.85. The zero-order valence-corrected chi connectivity index (χ0v) is 12.4. The van der Waals surface area contributed by atoms with Gasteiger partial charge in [0.1, 0.15) is 0 Å². The summed E-state index contributed by atoms with van der Waals surface area (Å²) in [5, 5.41) is 15.3. The minimum atomic E-state index is 0.573. The summed E-state index contributed by atoms with van der Waals surface area (Å²) >= 11 is 0. The number of hydrogen-bond acceptors (Lipinski definition) is 5. The maximum atomic E-state index is 4.07. The van der Waals surface area contributed by atoms with Crippen LogP contribution in [-0.2, 0) is 0 Å². The highest BCUT2D eigenvalue weighted by molar-refractivity contribution is 5.38. The molecule has 0 radical (unpaired) electrons. The van der Waals surface area contributed by atoms with Gasteiger partial charge in [0.15, 0.2) is 0 Å². The third kappa shape index (κ3) is 3.58. The highest BCUT2D eigenvalue weighted by Crippen LogP contribution is 2.13. The monoisotopic (exact) mass is 286 g/mol. The molecule has 0 bridgehead atoms. The Labute approximate surface area is 125 Å². The lowest BCUT2D eigenvalue weighted by Crippen LogP contribution is -2.29. The summed E-state index contributed by atoms with van der Waals surface area (Å²) in [5.74, 6) is 1.28. The van der Waals surface area contributed by atoms with E-state index in [1.54, 1.807) is 4.68 Å².